The summed E-state index contributed by atoms with van der Waals surface area (Å²) < 4.78 is 23.1. The lowest BCUT2D eigenvalue weighted by atomic mass is 10.1. The molecule has 110 valence electrons. The molecule has 0 saturated carbocycles. The average Bonchev–Trinajstić information content (AvgIpc) is 2.91. The summed E-state index contributed by atoms with van der Waals surface area (Å²) in [5, 5.41) is 9.37. The maximum atomic E-state index is 9.37. The summed E-state index contributed by atoms with van der Waals surface area (Å²) in [6, 6.07) is 9.87. The number of aliphatic hydroxyl groups is 1. The van der Waals surface area contributed by atoms with Crippen LogP contribution in [0.5, 0.6) is 0 Å². The minimum atomic E-state index is -0.666. The van der Waals surface area contributed by atoms with E-state index >= 15 is 0 Å². The molecule has 0 spiro atoms. The molecule has 20 heavy (non-hydrogen) atoms. The summed E-state index contributed by atoms with van der Waals surface area (Å²) in [7, 11) is 0. The maximum Gasteiger partial charge on any atom is 0.187 e. The summed E-state index contributed by atoms with van der Waals surface area (Å²) >= 11 is 0. The lowest BCUT2D eigenvalue weighted by Gasteiger charge is -2.23. The van der Waals surface area contributed by atoms with Crippen LogP contribution in [0.1, 0.15) is 19.4 Å². The highest BCUT2D eigenvalue weighted by molar-refractivity contribution is 5.13. The Morgan fingerprint density at radius 1 is 1.15 bits per heavy atom. The van der Waals surface area contributed by atoms with Gasteiger partial charge >= 0.3 is 0 Å². The largest absolute Gasteiger partial charge is 0.394 e. The van der Waals surface area contributed by atoms with Gasteiger partial charge in [0.15, 0.2) is 12.1 Å². The summed E-state index contributed by atoms with van der Waals surface area (Å²) in [6.45, 7) is 4.05. The number of aliphatic hydroxyl groups excluding tert-OH is 1. The zero-order valence-electron chi connectivity index (χ0n) is 11.7. The molecule has 2 heterocycles. The average molecular weight is 280 g/mol. The lowest BCUT2D eigenvalue weighted by molar-refractivity contribution is -0.239. The van der Waals surface area contributed by atoms with Crippen molar-refractivity contribution in [3.8, 4) is 0 Å². The van der Waals surface area contributed by atoms with E-state index in [2.05, 4.69) is 0 Å². The molecule has 2 aliphatic rings. The van der Waals surface area contributed by atoms with Crippen molar-refractivity contribution in [2.45, 2.75) is 50.8 Å². The van der Waals surface area contributed by atoms with Crippen LogP contribution in [0.15, 0.2) is 30.3 Å². The van der Waals surface area contributed by atoms with Crippen LogP contribution < -0.4 is 0 Å². The van der Waals surface area contributed by atoms with Crippen molar-refractivity contribution in [2.24, 2.45) is 0 Å². The quantitative estimate of drug-likeness (QED) is 0.904. The van der Waals surface area contributed by atoms with Crippen LogP contribution in [0.2, 0.25) is 0 Å². The molecule has 4 atom stereocenters. The highest BCUT2D eigenvalue weighted by atomic mass is 16.8. The van der Waals surface area contributed by atoms with Gasteiger partial charge in [0.2, 0.25) is 0 Å². The van der Waals surface area contributed by atoms with Crippen molar-refractivity contribution in [1.82, 2.24) is 0 Å². The van der Waals surface area contributed by atoms with E-state index in [9.17, 15) is 5.11 Å². The van der Waals surface area contributed by atoms with Gasteiger partial charge in [-0.2, -0.15) is 0 Å². The summed E-state index contributed by atoms with van der Waals surface area (Å²) in [6.07, 6.45) is -1.50. The fraction of sp³-hybridized carbons (Fsp3) is 0.600. The molecule has 0 bridgehead atoms. The van der Waals surface area contributed by atoms with Gasteiger partial charge in [-0.3, -0.25) is 0 Å². The Morgan fingerprint density at radius 2 is 1.85 bits per heavy atom. The Morgan fingerprint density at radius 3 is 2.55 bits per heavy atom. The van der Waals surface area contributed by atoms with Crippen LogP contribution in [0, 0.1) is 0 Å². The molecule has 2 saturated heterocycles. The van der Waals surface area contributed by atoms with Gasteiger partial charge in [-0.05, 0) is 19.4 Å². The van der Waals surface area contributed by atoms with Crippen molar-refractivity contribution in [3.05, 3.63) is 35.9 Å². The van der Waals surface area contributed by atoms with Gasteiger partial charge in [-0.1, -0.05) is 30.3 Å². The fourth-order valence-electron chi connectivity index (χ4n) is 2.68. The normalized spacial score (nSPS) is 35.1. The Labute approximate surface area is 118 Å². The summed E-state index contributed by atoms with van der Waals surface area (Å²) in [5.41, 5.74) is 1.07. The third-order valence-corrected chi connectivity index (χ3v) is 3.54. The minimum Gasteiger partial charge on any atom is -0.394 e. The standard InChI is InChI=1S/C15H20O5/c1-15(2)19-12-11(8-16)18-14(13(12)20-15)17-9-10-6-4-3-5-7-10/h3-7,11-14,16H,8-9H2,1-2H3/t11-,12-,13-,14-/m0/s1. The molecule has 3 rings (SSSR count). The molecule has 2 aliphatic heterocycles. The summed E-state index contributed by atoms with van der Waals surface area (Å²) in [5.74, 6) is -0.666. The monoisotopic (exact) mass is 280 g/mol. The van der Waals surface area contributed by atoms with E-state index in [0.29, 0.717) is 6.61 Å². The second-order valence-corrected chi connectivity index (χ2v) is 5.59. The molecule has 0 unspecified atom stereocenters. The molecule has 0 aliphatic carbocycles. The molecular formula is C15H20O5. The molecule has 0 amide bonds. The van der Waals surface area contributed by atoms with Crippen molar-refractivity contribution in [1.29, 1.82) is 0 Å². The maximum absolute atomic E-state index is 9.37. The smallest absolute Gasteiger partial charge is 0.187 e. The molecule has 0 aromatic heterocycles. The Bertz CT molecular complexity index is 447. The topological polar surface area (TPSA) is 57.2 Å². The van der Waals surface area contributed by atoms with Gasteiger partial charge in [0.05, 0.1) is 13.2 Å². The first-order valence-corrected chi connectivity index (χ1v) is 6.86. The predicted molar refractivity (Wildman–Crippen MR) is 70.8 cm³/mol. The first kappa shape index (κ1) is 14.0. The van der Waals surface area contributed by atoms with Gasteiger partial charge in [0.1, 0.15) is 18.3 Å². The third-order valence-electron chi connectivity index (χ3n) is 3.54. The van der Waals surface area contributed by atoms with Gasteiger partial charge in [0, 0.05) is 0 Å². The molecule has 0 radical (unpaired) electrons. The van der Waals surface area contributed by atoms with E-state index < -0.39 is 18.2 Å². The van der Waals surface area contributed by atoms with Crippen LogP contribution >= 0.6 is 0 Å². The number of ether oxygens (including phenoxy) is 4. The molecule has 1 aromatic rings. The van der Waals surface area contributed by atoms with Crippen molar-refractivity contribution in [3.63, 3.8) is 0 Å². The van der Waals surface area contributed by atoms with Gasteiger partial charge < -0.3 is 24.1 Å². The second-order valence-electron chi connectivity index (χ2n) is 5.59. The van der Waals surface area contributed by atoms with Crippen LogP contribution in [0.25, 0.3) is 0 Å². The van der Waals surface area contributed by atoms with Gasteiger partial charge in [-0.25, -0.2) is 0 Å². The van der Waals surface area contributed by atoms with Gasteiger partial charge in [0.25, 0.3) is 0 Å². The van der Waals surface area contributed by atoms with E-state index in [1.807, 2.05) is 44.2 Å². The highest BCUT2D eigenvalue weighted by Crippen LogP contribution is 2.39. The number of rotatable bonds is 4. The second kappa shape index (κ2) is 5.42. The number of hydrogen-bond donors (Lipinski definition) is 1. The van der Waals surface area contributed by atoms with E-state index in [1.54, 1.807) is 0 Å². The number of benzene rings is 1. The lowest BCUT2D eigenvalue weighted by Crippen LogP contribution is -2.32. The van der Waals surface area contributed by atoms with Crippen molar-refractivity contribution >= 4 is 0 Å². The molecule has 2 fully saturated rings. The first-order chi connectivity index (χ1) is 9.59. The van der Waals surface area contributed by atoms with E-state index in [0.717, 1.165) is 5.56 Å². The van der Waals surface area contributed by atoms with Crippen molar-refractivity contribution in [2.75, 3.05) is 6.61 Å². The Kier molecular flexibility index (Phi) is 3.79. The highest BCUT2D eigenvalue weighted by Gasteiger charge is 2.55. The Balaban J connectivity index is 1.65. The van der Waals surface area contributed by atoms with Crippen LogP contribution in [-0.4, -0.2) is 42.1 Å². The van der Waals surface area contributed by atoms with E-state index in [4.69, 9.17) is 18.9 Å². The summed E-state index contributed by atoms with van der Waals surface area (Å²) in [4.78, 5) is 0. The zero-order valence-corrected chi connectivity index (χ0v) is 11.7. The van der Waals surface area contributed by atoms with Crippen LogP contribution in [-0.2, 0) is 25.6 Å². The molecular weight excluding hydrogens is 260 g/mol. The number of hydrogen-bond acceptors (Lipinski definition) is 5. The van der Waals surface area contributed by atoms with Crippen LogP contribution in [0.3, 0.4) is 0 Å². The van der Waals surface area contributed by atoms with E-state index in [1.165, 1.54) is 0 Å². The molecule has 1 aromatic carbocycles. The predicted octanol–water partition coefficient (Wildman–Crippen LogP) is 1.44. The van der Waals surface area contributed by atoms with E-state index in [-0.39, 0.29) is 18.8 Å². The van der Waals surface area contributed by atoms with Crippen molar-refractivity contribution < 1.29 is 24.1 Å². The third kappa shape index (κ3) is 2.73. The van der Waals surface area contributed by atoms with Crippen LogP contribution in [0.4, 0.5) is 0 Å². The van der Waals surface area contributed by atoms with Gasteiger partial charge in [-0.15, -0.1) is 0 Å². The first-order valence-electron chi connectivity index (χ1n) is 6.86. The molecule has 5 nitrogen and oxygen atoms in total. The zero-order chi connectivity index (χ0) is 14.2. The SMILES string of the molecule is CC1(C)O[C@@H]2[C@@H](OCc3ccccc3)O[C@@H](CO)[C@@H]2O1. The Hall–Kier alpha value is -0.980. The molecule has 5 heteroatoms. The fourth-order valence-corrected chi connectivity index (χ4v) is 2.68. The molecule has 1 N–H and O–H groups in total. The number of fused-ring (bicyclic) bond motifs is 1. The minimum absolute atomic E-state index is 0.105.